The molecule has 0 spiro atoms. The zero-order valence-corrected chi connectivity index (χ0v) is 13.4. The largest absolute Gasteiger partial charge is 0.434 e. The summed E-state index contributed by atoms with van der Waals surface area (Å²) in [6.07, 6.45) is 0.0523. The lowest BCUT2D eigenvalue weighted by Crippen LogP contribution is -2.42. The lowest BCUT2D eigenvalue weighted by Gasteiger charge is -2.32. The number of anilines is 1. The van der Waals surface area contributed by atoms with Gasteiger partial charge in [-0.25, -0.2) is 4.98 Å². The first kappa shape index (κ1) is 16.7. The van der Waals surface area contributed by atoms with Gasteiger partial charge in [0.1, 0.15) is 0 Å². The van der Waals surface area contributed by atoms with E-state index in [0.717, 1.165) is 16.7 Å². The molecule has 1 saturated heterocycles. The molecule has 0 bridgehead atoms. The van der Waals surface area contributed by atoms with Gasteiger partial charge in [-0.15, -0.1) is 11.3 Å². The SMILES string of the molecule is O=C(c1ccncc1)N1CCC(Nc2nc(C(F)(F)F)cs2)CC1. The second-order valence-corrected chi connectivity index (χ2v) is 6.34. The molecule has 0 aliphatic carbocycles. The number of rotatable bonds is 3. The van der Waals surface area contributed by atoms with Crippen LogP contribution >= 0.6 is 11.3 Å². The maximum absolute atomic E-state index is 12.5. The predicted molar refractivity (Wildman–Crippen MR) is 83.9 cm³/mol. The average Bonchev–Trinajstić information content (AvgIpc) is 3.05. The third-order valence-electron chi connectivity index (χ3n) is 3.83. The quantitative estimate of drug-likeness (QED) is 0.917. The van der Waals surface area contributed by atoms with Crippen LogP contribution in [0.1, 0.15) is 28.9 Å². The van der Waals surface area contributed by atoms with Gasteiger partial charge in [0.25, 0.3) is 5.91 Å². The number of halogens is 3. The highest BCUT2D eigenvalue weighted by Gasteiger charge is 2.34. The Morgan fingerprint density at radius 3 is 2.50 bits per heavy atom. The molecule has 2 aromatic rings. The maximum atomic E-state index is 12.5. The Morgan fingerprint density at radius 1 is 1.25 bits per heavy atom. The number of carbonyl (C=O) groups is 1. The van der Waals surface area contributed by atoms with Crippen molar-refractivity contribution in [3.05, 3.63) is 41.2 Å². The Balaban J connectivity index is 1.54. The van der Waals surface area contributed by atoms with Crippen molar-refractivity contribution in [2.75, 3.05) is 18.4 Å². The highest BCUT2D eigenvalue weighted by atomic mass is 32.1. The second kappa shape index (κ2) is 6.76. The summed E-state index contributed by atoms with van der Waals surface area (Å²) in [5.74, 6) is -0.0514. The van der Waals surface area contributed by atoms with Gasteiger partial charge in [0.05, 0.1) is 0 Å². The van der Waals surface area contributed by atoms with Crippen molar-refractivity contribution in [1.82, 2.24) is 14.9 Å². The lowest BCUT2D eigenvalue weighted by atomic mass is 10.0. The number of nitrogens with zero attached hydrogens (tertiary/aromatic N) is 3. The molecule has 128 valence electrons. The third-order valence-corrected chi connectivity index (χ3v) is 4.61. The minimum Gasteiger partial charge on any atom is -0.359 e. The Labute approximate surface area is 140 Å². The van der Waals surface area contributed by atoms with Gasteiger partial charge in [0.2, 0.25) is 0 Å². The smallest absolute Gasteiger partial charge is 0.359 e. The first-order valence-electron chi connectivity index (χ1n) is 7.42. The van der Waals surface area contributed by atoms with Gasteiger partial charge in [-0.1, -0.05) is 0 Å². The average molecular weight is 356 g/mol. The zero-order chi connectivity index (χ0) is 17.2. The van der Waals surface area contributed by atoms with Crippen molar-refractivity contribution >= 4 is 22.4 Å². The standard InChI is InChI=1S/C15H15F3N4OS/c16-15(17,18)12-9-24-14(21-12)20-11-3-7-22(8-4-11)13(23)10-1-5-19-6-2-10/h1-2,5-6,9,11H,3-4,7-8H2,(H,20,21). The van der Waals surface area contributed by atoms with Crippen molar-refractivity contribution in [2.45, 2.75) is 25.1 Å². The van der Waals surface area contributed by atoms with E-state index < -0.39 is 11.9 Å². The maximum Gasteiger partial charge on any atom is 0.434 e. The molecule has 5 nitrogen and oxygen atoms in total. The van der Waals surface area contributed by atoms with Crippen LogP contribution < -0.4 is 5.32 Å². The highest BCUT2D eigenvalue weighted by molar-refractivity contribution is 7.13. The van der Waals surface area contributed by atoms with Gasteiger partial charge in [-0.05, 0) is 25.0 Å². The molecule has 0 unspecified atom stereocenters. The second-order valence-electron chi connectivity index (χ2n) is 5.48. The number of hydrogen-bond acceptors (Lipinski definition) is 5. The number of pyridine rings is 1. The van der Waals surface area contributed by atoms with Crippen molar-refractivity contribution in [3.8, 4) is 0 Å². The van der Waals surface area contributed by atoms with E-state index in [-0.39, 0.29) is 17.1 Å². The Hall–Kier alpha value is -2.16. The fourth-order valence-corrected chi connectivity index (χ4v) is 3.34. The van der Waals surface area contributed by atoms with Crippen molar-refractivity contribution < 1.29 is 18.0 Å². The van der Waals surface area contributed by atoms with E-state index in [1.54, 1.807) is 29.4 Å². The summed E-state index contributed by atoms with van der Waals surface area (Å²) in [7, 11) is 0. The van der Waals surface area contributed by atoms with Crippen LogP contribution in [0.5, 0.6) is 0 Å². The van der Waals surface area contributed by atoms with Gasteiger partial charge in [-0.3, -0.25) is 9.78 Å². The van der Waals surface area contributed by atoms with Crippen LogP contribution in [-0.4, -0.2) is 39.9 Å². The molecular formula is C15H15F3N4OS. The summed E-state index contributed by atoms with van der Waals surface area (Å²) in [6, 6.07) is 3.35. The summed E-state index contributed by atoms with van der Waals surface area (Å²) < 4.78 is 37.6. The van der Waals surface area contributed by atoms with E-state index in [2.05, 4.69) is 15.3 Å². The van der Waals surface area contributed by atoms with E-state index >= 15 is 0 Å². The van der Waals surface area contributed by atoms with Crippen LogP contribution in [0.3, 0.4) is 0 Å². The van der Waals surface area contributed by atoms with Crippen LogP contribution in [0.2, 0.25) is 0 Å². The highest BCUT2D eigenvalue weighted by Crippen LogP contribution is 2.32. The molecule has 1 N–H and O–H groups in total. The number of aromatic nitrogens is 2. The minimum absolute atomic E-state index is 0.0127. The molecule has 3 heterocycles. The zero-order valence-electron chi connectivity index (χ0n) is 12.6. The van der Waals surface area contributed by atoms with Crippen LogP contribution in [0.15, 0.2) is 29.9 Å². The molecule has 2 aromatic heterocycles. The molecule has 0 atom stereocenters. The fraction of sp³-hybridized carbons (Fsp3) is 0.400. The van der Waals surface area contributed by atoms with Crippen molar-refractivity contribution in [3.63, 3.8) is 0 Å². The van der Waals surface area contributed by atoms with Crippen LogP contribution in [0.25, 0.3) is 0 Å². The first-order chi connectivity index (χ1) is 11.4. The molecular weight excluding hydrogens is 341 g/mol. The van der Waals surface area contributed by atoms with Crippen molar-refractivity contribution in [2.24, 2.45) is 0 Å². The van der Waals surface area contributed by atoms with Gasteiger partial charge in [0, 0.05) is 42.5 Å². The van der Waals surface area contributed by atoms with Gasteiger partial charge < -0.3 is 10.2 Å². The van der Waals surface area contributed by atoms with Crippen LogP contribution in [0, 0.1) is 0 Å². The van der Waals surface area contributed by atoms with Crippen molar-refractivity contribution in [1.29, 1.82) is 0 Å². The number of thiazole rings is 1. The molecule has 0 radical (unpaired) electrons. The van der Waals surface area contributed by atoms with E-state index in [1.165, 1.54) is 0 Å². The molecule has 1 fully saturated rings. The number of piperidine rings is 1. The van der Waals surface area contributed by atoms with E-state index in [0.29, 0.717) is 31.5 Å². The minimum atomic E-state index is -4.42. The molecule has 1 aliphatic rings. The summed E-state index contributed by atoms with van der Waals surface area (Å²) in [4.78, 5) is 21.5. The Kier molecular flexibility index (Phi) is 4.70. The third kappa shape index (κ3) is 3.84. The number of likely N-dealkylation sites (tertiary alicyclic amines) is 1. The molecule has 1 aliphatic heterocycles. The van der Waals surface area contributed by atoms with Gasteiger partial charge in [0.15, 0.2) is 10.8 Å². The van der Waals surface area contributed by atoms with Gasteiger partial charge >= 0.3 is 6.18 Å². The van der Waals surface area contributed by atoms with E-state index in [1.807, 2.05) is 0 Å². The predicted octanol–water partition coefficient (Wildman–Crippen LogP) is 3.27. The summed E-state index contributed by atoms with van der Waals surface area (Å²) in [5, 5.41) is 4.30. The number of carbonyl (C=O) groups excluding carboxylic acids is 1. The van der Waals surface area contributed by atoms with E-state index in [9.17, 15) is 18.0 Å². The molecule has 9 heteroatoms. The van der Waals surface area contributed by atoms with E-state index in [4.69, 9.17) is 0 Å². The Morgan fingerprint density at radius 2 is 1.92 bits per heavy atom. The summed E-state index contributed by atoms with van der Waals surface area (Å²) >= 11 is 0.944. The Bertz CT molecular complexity index is 696. The monoisotopic (exact) mass is 356 g/mol. The van der Waals surface area contributed by atoms with Gasteiger partial charge in [-0.2, -0.15) is 13.2 Å². The summed E-state index contributed by atoms with van der Waals surface area (Å²) in [6.45, 7) is 1.10. The number of hydrogen-bond donors (Lipinski definition) is 1. The topological polar surface area (TPSA) is 58.1 Å². The van der Waals surface area contributed by atoms with Crippen LogP contribution in [0.4, 0.5) is 18.3 Å². The lowest BCUT2D eigenvalue weighted by molar-refractivity contribution is -0.140. The number of alkyl halides is 3. The molecule has 1 amide bonds. The molecule has 3 rings (SSSR count). The van der Waals surface area contributed by atoms with Crippen LogP contribution in [-0.2, 0) is 6.18 Å². The first-order valence-corrected chi connectivity index (χ1v) is 8.30. The normalized spacial score (nSPS) is 16.2. The molecule has 0 aromatic carbocycles. The number of nitrogens with one attached hydrogen (secondary N) is 1. The molecule has 24 heavy (non-hydrogen) atoms. The summed E-state index contributed by atoms with van der Waals surface area (Å²) in [5.41, 5.74) is -0.286. The molecule has 0 saturated carbocycles. The fourth-order valence-electron chi connectivity index (χ4n) is 2.55. The number of amides is 1.